The normalized spacial score (nSPS) is 14.2. The third-order valence-corrected chi connectivity index (χ3v) is 2.94. The van der Waals surface area contributed by atoms with Gasteiger partial charge in [0.15, 0.2) is 0 Å². The van der Waals surface area contributed by atoms with E-state index >= 15 is 0 Å². The van der Waals surface area contributed by atoms with E-state index in [1.165, 1.54) is 0 Å². The molecule has 1 aromatic rings. The first-order chi connectivity index (χ1) is 10.3. The van der Waals surface area contributed by atoms with E-state index in [2.05, 4.69) is 5.32 Å². The van der Waals surface area contributed by atoms with E-state index in [0.29, 0.717) is 13.0 Å². The third kappa shape index (κ3) is 7.43. The van der Waals surface area contributed by atoms with Gasteiger partial charge in [0.05, 0.1) is 6.61 Å². The maximum Gasteiger partial charge on any atom is 0.407 e. The number of hydrogen-bond donors (Lipinski definition) is 2. The molecule has 0 saturated carbocycles. The monoisotopic (exact) mass is 309 g/mol. The molecule has 0 fully saturated rings. The van der Waals surface area contributed by atoms with Crippen LogP contribution < -0.4 is 5.32 Å². The Hall–Kier alpha value is -1.59. The minimum atomic E-state index is -0.870. The maximum absolute atomic E-state index is 12.0. The Kier molecular flexibility index (Phi) is 7.35. The Bertz CT molecular complexity index is 442. The van der Waals surface area contributed by atoms with Crippen LogP contribution in [0.25, 0.3) is 0 Å². The summed E-state index contributed by atoms with van der Waals surface area (Å²) in [6.07, 6.45) is -1.63. The van der Waals surface area contributed by atoms with Gasteiger partial charge in [0.2, 0.25) is 0 Å². The highest BCUT2D eigenvalue weighted by Gasteiger charge is 2.25. The van der Waals surface area contributed by atoms with Gasteiger partial charge in [-0.2, -0.15) is 0 Å². The number of ether oxygens (including phenoxy) is 2. The van der Waals surface area contributed by atoms with Crippen LogP contribution >= 0.6 is 0 Å². The molecule has 0 aliphatic carbocycles. The minimum absolute atomic E-state index is 0.136. The van der Waals surface area contributed by atoms with Crippen molar-refractivity contribution in [2.45, 2.75) is 51.9 Å². The van der Waals surface area contributed by atoms with Crippen molar-refractivity contribution in [3.63, 3.8) is 0 Å². The summed E-state index contributed by atoms with van der Waals surface area (Å²) in [6, 6.07) is 9.62. The maximum atomic E-state index is 12.0. The van der Waals surface area contributed by atoms with Crippen LogP contribution in [-0.2, 0) is 15.9 Å². The number of nitrogens with one attached hydrogen (secondary N) is 1. The third-order valence-electron chi connectivity index (χ3n) is 2.94. The summed E-state index contributed by atoms with van der Waals surface area (Å²) in [7, 11) is 0. The van der Waals surface area contributed by atoms with Crippen molar-refractivity contribution in [3.05, 3.63) is 35.9 Å². The van der Waals surface area contributed by atoms with E-state index in [1.807, 2.05) is 58.0 Å². The van der Waals surface area contributed by atoms with E-state index < -0.39 is 18.3 Å². The lowest BCUT2D eigenvalue weighted by molar-refractivity contribution is -0.0426. The second kappa shape index (κ2) is 8.76. The second-order valence-corrected chi connectivity index (χ2v) is 6.24. The molecule has 1 aromatic carbocycles. The summed E-state index contributed by atoms with van der Waals surface area (Å²) in [5, 5.41) is 13.0. The van der Waals surface area contributed by atoms with Gasteiger partial charge in [-0.3, -0.25) is 0 Å². The second-order valence-electron chi connectivity index (χ2n) is 6.24. The van der Waals surface area contributed by atoms with Gasteiger partial charge < -0.3 is 19.9 Å². The summed E-state index contributed by atoms with van der Waals surface area (Å²) in [5.41, 5.74) is 0.603. The average molecular weight is 309 g/mol. The molecule has 0 unspecified atom stereocenters. The molecule has 0 saturated heterocycles. The summed E-state index contributed by atoms with van der Waals surface area (Å²) in [5.74, 6) is 0. The van der Waals surface area contributed by atoms with Crippen LogP contribution in [-0.4, -0.2) is 42.2 Å². The van der Waals surface area contributed by atoms with Gasteiger partial charge in [-0.15, -0.1) is 0 Å². The first kappa shape index (κ1) is 18.5. The largest absolute Gasteiger partial charge is 0.443 e. The number of aliphatic hydroxyl groups is 1. The van der Waals surface area contributed by atoms with Gasteiger partial charge in [0, 0.05) is 18.6 Å². The topological polar surface area (TPSA) is 67.8 Å². The van der Waals surface area contributed by atoms with Crippen molar-refractivity contribution in [1.29, 1.82) is 0 Å². The van der Waals surface area contributed by atoms with Crippen molar-refractivity contribution in [1.82, 2.24) is 5.32 Å². The highest BCUT2D eigenvalue weighted by atomic mass is 16.6. The van der Waals surface area contributed by atoms with Crippen molar-refractivity contribution < 1.29 is 19.4 Å². The summed E-state index contributed by atoms with van der Waals surface area (Å²) < 4.78 is 10.6. The molecule has 124 valence electrons. The highest BCUT2D eigenvalue weighted by molar-refractivity contribution is 5.68. The fourth-order valence-electron chi connectivity index (χ4n) is 1.92. The molecule has 0 aromatic heterocycles. The van der Waals surface area contributed by atoms with Gasteiger partial charge >= 0.3 is 6.09 Å². The summed E-state index contributed by atoms with van der Waals surface area (Å²) >= 11 is 0. The predicted octanol–water partition coefficient (Wildman–Crippen LogP) is 2.52. The minimum Gasteiger partial charge on any atom is -0.443 e. The van der Waals surface area contributed by atoms with E-state index in [0.717, 1.165) is 5.56 Å². The van der Waals surface area contributed by atoms with Crippen LogP contribution in [0.3, 0.4) is 0 Å². The molecule has 1 rings (SSSR count). The molecular weight excluding hydrogens is 282 g/mol. The molecule has 2 N–H and O–H groups in total. The van der Waals surface area contributed by atoms with Gasteiger partial charge in [0.1, 0.15) is 12.2 Å². The van der Waals surface area contributed by atoms with Crippen LogP contribution in [0.2, 0.25) is 0 Å². The molecule has 22 heavy (non-hydrogen) atoms. The number of amides is 1. The van der Waals surface area contributed by atoms with Gasteiger partial charge in [-0.1, -0.05) is 30.3 Å². The quantitative estimate of drug-likeness (QED) is 0.812. The standard InChI is InChI=1S/C17H27NO4/c1-5-21-12-14(19)15(11-13-9-7-6-8-10-13)22-16(20)18-17(2,3)4/h6-10,14-15,19H,5,11-12H2,1-4H3,(H,18,20)/t14-,15-/m0/s1. The Balaban J connectivity index is 2.71. The molecule has 5 heteroatoms. The molecule has 0 spiro atoms. The van der Waals surface area contributed by atoms with E-state index in [-0.39, 0.29) is 12.1 Å². The number of rotatable bonds is 7. The zero-order valence-electron chi connectivity index (χ0n) is 13.8. The van der Waals surface area contributed by atoms with Crippen molar-refractivity contribution in [2.75, 3.05) is 13.2 Å². The van der Waals surface area contributed by atoms with E-state index in [1.54, 1.807) is 0 Å². The van der Waals surface area contributed by atoms with Gasteiger partial charge in [0.25, 0.3) is 0 Å². The van der Waals surface area contributed by atoms with Crippen molar-refractivity contribution in [3.8, 4) is 0 Å². The lowest BCUT2D eigenvalue weighted by atomic mass is 10.0. The van der Waals surface area contributed by atoms with Crippen molar-refractivity contribution >= 4 is 6.09 Å². The fraction of sp³-hybridized carbons (Fsp3) is 0.588. The lowest BCUT2D eigenvalue weighted by Crippen LogP contribution is -2.45. The molecule has 0 heterocycles. The average Bonchev–Trinajstić information content (AvgIpc) is 2.43. The summed E-state index contributed by atoms with van der Waals surface area (Å²) in [6.45, 7) is 8.11. The molecular formula is C17H27NO4. The Labute approximate surface area is 132 Å². The molecule has 0 aliphatic rings. The van der Waals surface area contributed by atoms with Crippen LogP contribution in [0.15, 0.2) is 30.3 Å². The molecule has 5 nitrogen and oxygen atoms in total. The van der Waals surface area contributed by atoms with E-state index in [4.69, 9.17) is 9.47 Å². The molecule has 0 radical (unpaired) electrons. The smallest absolute Gasteiger partial charge is 0.407 e. The fourth-order valence-corrected chi connectivity index (χ4v) is 1.92. The number of aliphatic hydroxyl groups excluding tert-OH is 1. The Morgan fingerprint density at radius 3 is 2.45 bits per heavy atom. The Morgan fingerprint density at radius 2 is 1.91 bits per heavy atom. The number of hydrogen-bond acceptors (Lipinski definition) is 4. The zero-order chi connectivity index (χ0) is 16.6. The first-order valence-corrected chi connectivity index (χ1v) is 7.60. The van der Waals surface area contributed by atoms with Crippen molar-refractivity contribution in [2.24, 2.45) is 0 Å². The van der Waals surface area contributed by atoms with Gasteiger partial charge in [-0.25, -0.2) is 4.79 Å². The highest BCUT2D eigenvalue weighted by Crippen LogP contribution is 2.12. The van der Waals surface area contributed by atoms with Crippen LogP contribution in [0.5, 0.6) is 0 Å². The number of carbonyl (C=O) groups excluding carboxylic acids is 1. The molecule has 0 bridgehead atoms. The predicted molar refractivity (Wildman–Crippen MR) is 85.8 cm³/mol. The summed E-state index contributed by atoms with van der Waals surface area (Å²) in [4.78, 5) is 12.0. The molecule has 2 atom stereocenters. The van der Waals surface area contributed by atoms with Crippen LogP contribution in [0, 0.1) is 0 Å². The molecule has 0 aliphatic heterocycles. The Morgan fingerprint density at radius 1 is 1.27 bits per heavy atom. The lowest BCUT2D eigenvalue weighted by Gasteiger charge is -2.26. The zero-order valence-corrected chi connectivity index (χ0v) is 13.8. The number of alkyl carbamates (subject to hydrolysis) is 1. The van der Waals surface area contributed by atoms with Crippen LogP contribution in [0.1, 0.15) is 33.3 Å². The number of benzene rings is 1. The van der Waals surface area contributed by atoms with Crippen LogP contribution in [0.4, 0.5) is 4.79 Å². The molecule has 1 amide bonds. The van der Waals surface area contributed by atoms with Gasteiger partial charge in [-0.05, 0) is 33.3 Å². The SMILES string of the molecule is CCOC[C@H](O)[C@H](Cc1ccccc1)OC(=O)NC(C)(C)C. The number of carbonyl (C=O) groups is 1. The first-order valence-electron chi connectivity index (χ1n) is 7.60. The van der Waals surface area contributed by atoms with E-state index in [9.17, 15) is 9.90 Å².